The number of carbonyl (C=O) groups is 1. The van der Waals surface area contributed by atoms with E-state index in [0.717, 1.165) is 22.6 Å². The highest BCUT2D eigenvalue weighted by Crippen LogP contribution is 2.33. The maximum absolute atomic E-state index is 12.7. The van der Waals surface area contributed by atoms with Gasteiger partial charge in [0, 0.05) is 6.42 Å². The van der Waals surface area contributed by atoms with Crippen molar-refractivity contribution in [1.82, 2.24) is 10.3 Å². The monoisotopic (exact) mass is 347 g/mol. The summed E-state index contributed by atoms with van der Waals surface area (Å²) in [6.07, 6.45) is 5.90. The zero-order valence-corrected chi connectivity index (χ0v) is 14.7. The number of nitrogens with one attached hydrogen (secondary N) is 1. The van der Waals surface area contributed by atoms with Crippen molar-refractivity contribution in [3.8, 4) is 18.1 Å². The van der Waals surface area contributed by atoms with Gasteiger partial charge in [-0.3, -0.25) is 10.1 Å². The van der Waals surface area contributed by atoms with E-state index >= 15 is 0 Å². The van der Waals surface area contributed by atoms with E-state index < -0.39 is 0 Å². The maximum atomic E-state index is 12.7. The molecule has 5 heteroatoms. The minimum absolute atomic E-state index is 0.105. The van der Waals surface area contributed by atoms with Crippen LogP contribution in [0.4, 0.5) is 0 Å². The number of methoxy groups -OCH3 is 1. The summed E-state index contributed by atoms with van der Waals surface area (Å²) in [5.74, 6) is 3.15. The number of hydrogen-bond acceptors (Lipinski definition) is 4. The number of ether oxygens (including phenoxy) is 1. The zero-order valence-electron chi connectivity index (χ0n) is 14.7. The number of terminal acetylenes is 1. The van der Waals surface area contributed by atoms with Gasteiger partial charge in [-0.15, -0.1) is 6.42 Å². The van der Waals surface area contributed by atoms with E-state index in [0.29, 0.717) is 13.0 Å². The Kier molecular flexibility index (Phi) is 5.67. The lowest BCUT2D eigenvalue weighted by molar-refractivity contribution is -0.132. The number of amides is 1. The van der Waals surface area contributed by atoms with Gasteiger partial charge in [0.2, 0.25) is 0 Å². The number of rotatable bonds is 6. The van der Waals surface area contributed by atoms with Crippen LogP contribution >= 0.6 is 0 Å². The number of benzene rings is 2. The van der Waals surface area contributed by atoms with Gasteiger partial charge in [0.15, 0.2) is 0 Å². The molecule has 0 spiro atoms. The van der Waals surface area contributed by atoms with E-state index in [9.17, 15) is 4.79 Å². The van der Waals surface area contributed by atoms with Crippen molar-refractivity contribution in [2.24, 2.45) is 5.10 Å². The first kappa shape index (κ1) is 17.7. The van der Waals surface area contributed by atoms with Crippen LogP contribution in [-0.2, 0) is 4.79 Å². The topological polar surface area (TPSA) is 53.9 Å². The van der Waals surface area contributed by atoms with Gasteiger partial charge in [0.25, 0.3) is 5.91 Å². The van der Waals surface area contributed by atoms with Crippen molar-refractivity contribution >= 4 is 11.6 Å². The smallest absolute Gasteiger partial charge is 0.257 e. The minimum Gasteiger partial charge on any atom is -0.497 e. The fourth-order valence-electron chi connectivity index (χ4n) is 2.95. The first-order valence-electron chi connectivity index (χ1n) is 8.46. The van der Waals surface area contributed by atoms with Crippen LogP contribution in [0.2, 0.25) is 0 Å². The fraction of sp³-hybridized carbons (Fsp3) is 0.238. The van der Waals surface area contributed by atoms with Crippen LogP contribution < -0.4 is 10.1 Å². The second kappa shape index (κ2) is 8.32. The second-order valence-electron chi connectivity index (χ2n) is 5.95. The molecule has 0 radical (unpaired) electrons. The molecule has 1 N–H and O–H groups in total. The molecule has 1 amide bonds. The molecule has 0 saturated carbocycles. The Morgan fingerprint density at radius 2 is 2.00 bits per heavy atom. The van der Waals surface area contributed by atoms with Gasteiger partial charge in [-0.05, 0) is 23.3 Å². The van der Waals surface area contributed by atoms with Crippen molar-refractivity contribution in [3.63, 3.8) is 0 Å². The summed E-state index contributed by atoms with van der Waals surface area (Å²) in [7, 11) is 1.63. The molecule has 1 aliphatic rings. The Balaban J connectivity index is 1.86. The van der Waals surface area contributed by atoms with Crippen molar-refractivity contribution in [1.29, 1.82) is 0 Å². The lowest BCUT2D eigenvalue weighted by atomic mass is 9.98. The molecule has 1 atom stereocenters. The van der Waals surface area contributed by atoms with Gasteiger partial charge in [-0.2, -0.15) is 5.10 Å². The Morgan fingerprint density at radius 1 is 1.27 bits per heavy atom. The molecule has 0 bridgehead atoms. The summed E-state index contributed by atoms with van der Waals surface area (Å²) >= 11 is 0. The third-order valence-corrected chi connectivity index (χ3v) is 4.28. The van der Waals surface area contributed by atoms with Crippen LogP contribution in [0.25, 0.3) is 0 Å². The summed E-state index contributed by atoms with van der Waals surface area (Å²) in [5, 5.41) is 9.12. The lowest BCUT2D eigenvalue weighted by Crippen LogP contribution is -2.35. The third-order valence-electron chi connectivity index (χ3n) is 4.28. The molecule has 0 fully saturated rings. The average molecular weight is 347 g/mol. The maximum Gasteiger partial charge on any atom is 0.257 e. The third kappa shape index (κ3) is 3.93. The molecule has 26 heavy (non-hydrogen) atoms. The molecule has 1 heterocycles. The first-order valence-corrected chi connectivity index (χ1v) is 8.46. The highest BCUT2D eigenvalue weighted by Gasteiger charge is 2.32. The van der Waals surface area contributed by atoms with Crippen LogP contribution in [0.3, 0.4) is 0 Å². The molecule has 5 nitrogen and oxygen atoms in total. The van der Waals surface area contributed by atoms with Gasteiger partial charge >= 0.3 is 0 Å². The van der Waals surface area contributed by atoms with Gasteiger partial charge < -0.3 is 4.74 Å². The van der Waals surface area contributed by atoms with Gasteiger partial charge in [0.05, 0.1) is 32.0 Å². The predicted molar refractivity (Wildman–Crippen MR) is 102 cm³/mol. The van der Waals surface area contributed by atoms with Crippen molar-refractivity contribution in [2.75, 3.05) is 20.2 Å². The predicted octanol–water partition coefficient (Wildman–Crippen LogP) is 2.60. The van der Waals surface area contributed by atoms with Crippen LogP contribution in [0.15, 0.2) is 59.7 Å². The summed E-state index contributed by atoms with van der Waals surface area (Å²) in [5.41, 5.74) is 2.94. The molecule has 0 aromatic heterocycles. The van der Waals surface area contributed by atoms with Gasteiger partial charge in [0.1, 0.15) is 5.75 Å². The molecule has 3 rings (SSSR count). The van der Waals surface area contributed by atoms with E-state index in [1.54, 1.807) is 12.1 Å². The standard InChI is InChI=1S/C21H21N3O2/c1-3-13-22-15-21(25)24-20(17-9-11-18(26-2)12-10-17)14-19(23-24)16-7-5-4-6-8-16/h1,4-12,20,22H,13-15H2,2H3. The number of hydrazone groups is 1. The average Bonchev–Trinajstić information content (AvgIpc) is 3.14. The highest BCUT2D eigenvalue weighted by molar-refractivity contribution is 6.03. The Hall–Kier alpha value is -3.10. The van der Waals surface area contributed by atoms with Gasteiger partial charge in [-0.25, -0.2) is 5.01 Å². The molecule has 0 saturated heterocycles. The SMILES string of the molecule is C#CCNCC(=O)N1N=C(c2ccccc2)CC1c1ccc(OC)cc1. The number of carbonyl (C=O) groups excluding carboxylic acids is 1. The molecular formula is C21H21N3O2. The van der Waals surface area contributed by atoms with E-state index in [1.807, 2.05) is 54.6 Å². The fourth-order valence-corrected chi connectivity index (χ4v) is 2.95. The molecule has 1 aliphatic heterocycles. The zero-order chi connectivity index (χ0) is 18.4. The minimum atomic E-state index is -0.142. The van der Waals surface area contributed by atoms with E-state index in [4.69, 9.17) is 11.2 Å². The Bertz CT molecular complexity index is 823. The van der Waals surface area contributed by atoms with E-state index in [1.165, 1.54) is 0 Å². The van der Waals surface area contributed by atoms with Crippen molar-refractivity contribution < 1.29 is 9.53 Å². The normalized spacial score (nSPS) is 16.1. The van der Waals surface area contributed by atoms with E-state index in [2.05, 4.69) is 16.3 Å². The quantitative estimate of drug-likeness (QED) is 0.645. The molecule has 2 aromatic carbocycles. The summed E-state index contributed by atoms with van der Waals surface area (Å²) < 4.78 is 5.22. The van der Waals surface area contributed by atoms with E-state index in [-0.39, 0.29) is 18.5 Å². The molecule has 132 valence electrons. The molecular weight excluding hydrogens is 326 g/mol. The molecule has 0 aliphatic carbocycles. The van der Waals surface area contributed by atoms with Crippen molar-refractivity contribution in [3.05, 3.63) is 65.7 Å². The van der Waals surface area contributed by atoms with Gasteiger partial charge in [-0.1, -0.05) is 48.4 Å². The van der Waals surface area contributed by atoms with Crippen LogP contribution in [0.1, 0.15) is 23.6 Å². The summed E-state index contributed by atoms with van der Waals surface area (Å²) in [6, 6.07) is 17.5. The largest absolute Gasteiger partial charge is 0.497 e. The molecule has 2 aromatic rings. The van der Waals surface area contributed by atoms with Crippen LogP contribution in [-0.4, -0.2) is 36.8 Å². The van der Waals surface area contributed by atoms with Crippen LogP contribution in [0, 0.1) is 12.3 Å². The second-order valence-corrected chi connectivity index (χ2v) is 5.95. The van der Waals surface area contributed by atoms with Crippen molar-refractivity contribution in [2.45, 2.75) is 12.5 Å². The first-order chi connectivity index (χ1) is 12.7. The summed E-state index contributed by atoms with van der Waals surface area (Å²) in [4.78, 5) is 12.7. The number of hydrogen-bond donors (Lipinski definition) is 1. The van der Waals surface area contributed by atoms with Crippen LogP contribution in [0.5, 0.6) is 5.75 Å². The summed E-state index contributed by atoms with van der Waals surface area (Å²) in [6.45, 7) is 0.504. The lowest BCUT2D eigenvalue weighted by Gasteiger charge is -2.22. The molecule has 1 unspecified atom stereocenters. The number of nitrogens with zero attached hydrogens (tertiary/aromatic N) is 2. The Labute approximate surface area is 153 Å². The Morgan fingerprint density at radius 3 is 2.65 bits per heavy atom. The highest BCUT2D eigenvalue weighted by atomic mass is 16.5.